The van der Waals surface area contributed by atoms with Crippen molar-refractivity contribution >= 4 is 51.6 Å². The Kier molecular flexibility index (Phi) is 7.53. The Labute approximate surface area is 193 Å². The third-order valence-corrected chi connectivity index (χ3v) is 5.98. The van der Waals surface area contributed by atoms with Crippen molar-refractivity contribution in [1.82, 2.24) is 20.4 Å². The van der Waals surface area contributed by atoms with Crippen molar-refractivity contribution in [2.45, 2.75) is 33.4 Å². The zero-order valence-electron chi connectivity index (χ0n) is 17.2. The number of carbonyl (C=O) groups excluding carboxylic acids is 2. The molecule has 0 radical (unpaired) electrons. The van der Waals surface area contributed by atoms with Gasteiger partial charge in [-0.2, -0.15) is 0 Å². The zero-order chi connectivity index (χ0) is 22.5. The quantitative estimate of drug-likeness (QED) is 0.499. The van der Waals surface area contributed by atoms with Crippen LogP contribution < -0.4 is 10.6 Å². The Balaban J connectivity index is 1.54. The number of aryl methyl sites for hydroxylation is 2. The predicted molar refractivity (Wildman–Crippen MR) is 121 cm³/mol. The molecule has 0 saturated heterocycles. The molecule has 164 valence electrons. The predicted octanol–water partition coefficient (Wildman–Crippen LogP) is 4.90. The van der Waals surface area contributed by atoms with Crippen LogP contribution in [0, 0.1) is 6.92 Å². The first-order chi connectivity index (χ1) is 14.8. The summed E-state index contributed by atoms with van der Waals surface area (Å²) in [4.78, 5) is 30.8. The molecule has 31 heavy (non-hydrogen) atoms. The fraction of sp³-hybridized carbons (Fsp3) is 0.300. The first-order valence-electron chi connectivity index (χ1n) is 9.42. The van der Waals surface area contributed by atoms with Crippen molar-refractivity contribution in [3.63, 3.8) is 0 Å². The van der Waals surface area contributed by atoms with Gasteiger partial charge in [-0.05, 0) is 31.0 Å². The van der Waals surface area contributed by atoms with Gasteiger partial charge in [0.1, 0.15) is 11.3 Å². The number of rotatable bonds is 7. The number of nitrogens with one attached hydrogen (secondary N) is 2. The van der Waals surface area contributed by atoms with Gasteiger partial charge in [0.15, 0.2) is 5.13 Å². The summed E-state index contributed by atoms with van der Waals surface area (Å²) in [6.45, 7) is 4.21. The molecule has 0 aliphatic heterocycles. The monoisotopic (exact) mass is 481 g/mol. The topological polar surface area (TPSA) is 100 Å². The molecule has 1 aromatic carbocycles. The molecule has 11 heteroatoms. The number of thiazole rings is 1. The van der Waals surface area contributed by atoms with Gasteiger partial charge in [-0.15, -0.1) is 11.3 Å². The maximum absolute atomic E-state index is 12.8. The third-order valence-electron chi connectivity index (χ3n) is 4.44. The van der Waals surface area contributed by atoms with Crippen LogP contribution in [0.2, 0.25) is 10.0 Å². The van der Waals surface area contributed by atoms with E-state index in [-0.39, 0.29) is 19.0 Å². The van der Waals surface area contributed by atoms with Crippen LogP contribution in [-0.4, -0.2) is 34.0 Å². The number of benzene rings is 1. The van der Waals surface area contributed by atoms with Gasteiger partial charge in [0.2, 0.25) is 0 Å². The van der Waals surface area contributed by atoms with E-state index in [2.05, 4.69) is 20.8 Å². The molecular weight excluding hydrogens is 461 g/mol. The Hall–Kier alpha value is -2.62. The van der Waals surface area contributed by atoms with E-state index >= 15 is 0 Å². The molecule has 0 atom stereocenters. The summed E-state index contributed by atoms with van der Waals surface area (Å²) in [6, 6.07) is 4.75. The highest BCUT2D eigenvalue weighted by Gasteiger charge is 2.23. The second kappa shape index (κ2) is 10.1. The van der Waals surface area contributed by atoms with Gasteiger partial charge in [-0.25, -0.2) is 9.78 Å². The minimum Gasteiger partial charge on any atom is -0.361 e. The number of nitrogens with zero attached hydrogens (tertiary/aromatic N) is 3. The fourth-order valence-electron chi connectivity index (χ4n) is 2.85. The Morgan fingerprint density at radius 3 is 2.74 bits per heavy atom. The molecule has 2 aromatic heterocycles. The first-order valence-corrected chi connectivity index (χ1v) is 11.1. The number of hydrogen-bond acceptors (Lipinski definition) is 6. The molecule has 0 aliphatic rings. The fourth-order valence-corrected chi connectivity index (χ4v) is 3.87. The van der Waals surface area contributed by atoms with Gasteiger partial charge < -0.3 is 14.7 Å². The van der Waals surface area contributed by atoms with Crippen LogP contribution in [0.25, 0.3) is 0 Å². The lowest BCUT2D eigenvalue weighted by Gasteiger charge is -2.15. The van der Waals surface area contributed by atoms with Crippen molar-refractivity contribution in [3.05, 3.63) is 61.9 Å². The van der Waals surface area contributed by atoms with Crippen molar-refractivity contribution in [2.24, 2.45) is 0 Å². The van der Waals surface area contributed by atoms with E-state index in [1.165, 1.54) is 11.3 Å². The molecule has 0 aliphatic carbocycles. The summed E-state index contributed by atoms with van der Waals surface area (Å²) in [5.74, 6) is 0.311. The van der Waals surface area contributed by atoms with Crippen LogP contribution in [0.15, 0.2) is 28.1 Å². The number of aromatic nitrogens is 2. The second-order valence-electron chi connectivity index (χ2n) is 6.78. The molecular formula is C20H21Cl2N5O3S. The van der Waals surface area contributed by atoms with E-state index in [4.69, 9.17) is 27.7 Å². The molecule has 3 amide bonds. The van der Waals surface area contributed by atoms with Gasteiger partial charge in [-0.3, -0.25) is 10.1 Å². The van der Waals surface area contributed by atoms with Crippen molar-refractivity contribution in [1.29, 1.82) is 0 Å². The number of hydrogen-bond donors (Lipinski definition) is 2. The van der Waals surface area contributed by atoms with E-state index in [9.17, 15) is 9.59 Å². The minimum atomic E-state index is -0.399. The summed E-state index contributed by atoms with van der Waals surface area (Å²) in [5.41, 5.74) is 2.60. The van der Waals surface area contributed by atoms with Crippen molar-refractivity contribution < 1.29 is 14.1 Å². The van der Waals surface area contributed by atoms with Crippen molar-refractivity contribution in [3.8, 4) is 0 Å². The van der Waals surface area contributed by atoms with Crippen LogP contribution in [0.5, 0.6) is 0 Å². The minimum absolute atomic E-state index is 0.183. The highest BCUT2D eigenvalue weighted by Crippen LogP contribution is 2.23. The number of carbonyl (C=O) groups is 2. The number of halogens is 2. The molecule has 8 nitrogen and oxygen atoms in total. The van der Waals surface area contributed by atoms with Crippen LogP contribution in [0.3, 0.4) is 0 Å². The number of amides is 3. The highest BCUT2D eigenvalue weighted by molar-refractivity contribution is 7.13. The molecule has 3 rings (SSSR count). The number of urea groups is 1. The summed E-state index contributed by atoms with van der Waals surface area (Å²) in [7, 11) is 1.69. The van der Waals surface area contributed by atoms with Crippen LogP contribution in [0.4, 0.5) is 9.93 Å². The van der Waals surface area contributed by atoms with Crippen LogP contribution in [0.1, 0.15) is 40.0 Å². The molecule has 0 spiro atoms. The van der Waals surface area contributed by atoms with E-state index in [1.54, 1.807) is 42.5 Å². The van der Waals surface area contributed by atoms with E-state index in [0.717, 1.165) is 5.56 Å². The van der Waals surface area contributed by atoms with Gasteiger partial charge in [-0.1, -0.05) is 41.3 Å². The third kappa shape index (κ3) is 5.75. The van der Waals surface area contributed by atoms with E-state index < -0.39 is 6.03 Å². The molecule has 0 saturated carbocycles. The molecule has 2 N–H and O–H groups in total. The molecule has 2 heterocycles. The maximum atomic E-state index is 12.8. The molecule has 0 bridgehead atoms. The molecule has 3 aromatic rings. The smallest absolute Gasteiger partial charge is 0.321 e. The first kappa shape index (κ1) is 23.1. The van der Waals surface area contributed by atoms with E-state index in [0.29, 0.717) is 44.3 Å². The van der Waals surface area contributed by atoms with Gasteiger partial charge >= 0.3 is 6.03 Å². The lowest BCUT2D eigenvalue weighted by atomic mass is 10.1. The van der Waals surface area contributed by atoms with Gasteiger partial charge in [0.25, 0.3) is 5.91 Å². The molecule has 0 unspecified atom stereocenters. The zero-order valence-corrected chi connectivity index (χ0v) is 19.5. The molecule has 0 fully saturated rings. The van der Waals surface area contributed by atoms with Gasteiger partial charge in [0, 0.05) is 19.0 Å². The summed E-state index contributed by atoms with van der Waals surface area (Å²) >= 11 is 13.1. The Morgan fingerprint density at radius 1 is 1.26 bits per heavy atom. The lowest BCUT2D eigenvalue weighted by molar-refractivity contribution is 0.0781. The largest absolute Gasteiger partial charge is 0.361 e. The average Bonchev–Trinajstić information content (AvgIpc) is 3.33. The van der Waals surface area contributed by atoms with Gasteiger partial charge in [0.05, 0.1) is 28.0 Å². The Morgan fingerprint density at radius 2 is 2.03 bits per heavy atom. The average molecular weight is 482 g/mol. The standard InChI is InChI=1S/C20H21Cl2N5O3S/c1-4-16-17(11(2)30-26-16)18(28)27(3)9-13-10-31-20(24-13)25-19(29)23-8-12-5-6-14(21)15(22)7-12/h5-7,10H,4,8-9H2,1-3H3,(H2,23,24,25,29). The summed E-state index contributed by atoms with van der Waals surface area (Å²) in [5, 5.41) is 12.4. The van der Waals surface area contributed by atoms with Crippen LogP contribution >= 0.6 is 34.5 Å². The second-order valence-corrected chi connectivity index (χ2v) is 8.45. The lowest BCUT2D eigenvalue weighted by Crippen LogP contribution is -2.28. The van der Waals surface area contributed by atoms with Crippen LogP contribution in [-0.2, 0) is 19.5 Å². The van der Waals surface area contributed by atoms with Crippen molar-refractivity contribution in [2.75, 3.05) is 12.4 Å². The SMILES string of the molecule is CCc1noc(C)c1C(=O)N(C)Cc1csc(NC(=O)NCc2ccc(Cl)c(Cl)c2)n1. The van der Waals surface area contributed by atoms with E-state index in [1.807, 2.05) is 6.92 Å². The summed E-state index contributed by atoms with van der Waals surface area (Å²) < 4.78 is 5.14. The number of anilines is 1. The summed E-state index contributed by atoms with van der Waals surface area (Å²) in [6.07, 6.45) is 0.606. The maximum Gasteiger partial charge on any atom is 0.321 e. The Bertz CT molecular complexity index is 1100. The normalized spacial score (nSPS) is 10.7. The highest BCUT2D eigenvalue weighted by atomic mass is 35.5.